The predicted molar refractivity (Wildman–Crippen MR) is 286 cm³/mol. The average molecular weight is 1110 g/mol. The van der Waals surface area contributed by atoms with E-state index in [0.29, 0.717) is 50.9 Å². The van der Waals surface area contributed by atoms with E-state index >= 15 is 0 Å². The molecule has 0 aliphatic carbocycles. The van der Waals surface area contributed by atoms with Crippen molar-refractivity contribution >= 4 is 98.0 Å². The summed E-state index contributed by atoms with van der Waals surface area (Å²) >= 11 is 0. The van der Waals surface area contributed by atoms with E-state index in [4.69, 9.17) is 29.2 Å². The monoisotopic (exact) mass is 1110 g/mol. The van der Waals surface area contributed by atoms with Gasteiger partial charge < -0.3 is 35.1 Å². The highest BCUT2D eigenvalue weighted by atomic mass is 32.2. The van der Waals surface area contributed by atoms with E-state index in [-0.39, 0.29) is 76.9 Å². The second kappa shape index (κ2) is 24.0. The maximum absolute atomic E-state index is 12.7. The highest BCUT2D eigenvalue weighted by Gasteiger charge is 2.23. The minimum absolute atomic E-state index is 0.00698. The van der Waals surface area contributed by atoms with Gasteiger partial charge in [-0.15, -0.1) is 25.6 Å². The minimum Gasteiger partial charge on any atom is -0.505 e. The number of phenolic OH excluding ortho intramolecular Hbond substituents is 1. The lowest BCUT2D eigenvalue weighted by atomic mass is 10.1. The first kappa shape index (κ1) is 56.3. The number of anilines is 2. The zero-order chi connectivity index (χ0) is 55.7. The number of aryl methyl sites for hydroxylation is 3. The maximum atomic E-state index is 12.7. The number of ether oxygens (including phenoxy) is 4. The molecule has 0 aromatic heterocycles. The number of azo groups is 4. The molecule has 24 nitrogen and oxygen atoms in total. The minimum atomic E-state index is -4.94. The second-order valence-electron chi connectivity index (χ2n) is 16.9. The van der Waals surface area contributed by atoms with Gasteiger partial charge in [-0.1, -0.05) is 6.07 Å². The molecule has 27 heteroatoms. The molecule has 7 aromatic rings. The molecule has 0 bridgehead atoms. The number of methoxy groups -OCH3 is 2. The third-order valence-corrected chi connectivity index (χ3v) is 13.7. The van der Waals surface area contributed by atoms with E-state index in [9.17, 15) is 39.5 Å². The Morgan fingerprint density at radius 3 is 1.74 bits per heavy atom. The lowest BCUT2D eigenvalue weighted by Crippen LogP contribution is -2.08. The van der Waals surface area contributed by atoms with Crippen LogP contribution in [0.25, 0.3) is 10.8 Å². The van der Waals surface area contributed by atoms with Crippen molar-refractivity contribution in [3.05, 3.63) is 126 Å². The number of nitrogen functional groups attached to an aromatic ring is 1. The standard InChI is InChI=1S/C50H50N10O14S3/c1-29-8-16-39(47(20-29)76(65,66)67)55-53-35-12-17-38(46(25-35)73-18-6-7-19-75(62,63)64)54-56-40-26-44(71-4)42(21-30(40)2)58-57-41-27-45(72-5)43(22-31(41)3)59-60-49-48(77(68,69)70)24-32-23-34(11-15-37(32)50(49)61)52-28-74-36-13-9-33(51)10-14-36/h8-17,20-27,52,61H,6-7,18-19,28,51H2,1-5H3,(H,62,63,64)(H,65,66,67)(H,68,69,70). The highest BCUT2D eigenvalue weighted by Crippen LogP contribution is 2.45. The Labute approximate surface area is 442 Å². The van der Waals surface area contributed by atoms with Crippen molar-refractivity contribution in [2.45, 2.75) is 43.4 Å². The van der Waals surface area contributed by atoms with E-state index in [1.54, 1.807) is 87.5 Å². The third-order valence-electron chi connectivity index (χ3n) is 11.2. The van der Waals surface area contributed by atoms with Crippen molar-refractivity contribution in [2.75, 3.05) is 44.4 Å². The van der Waals surface area contributed by atoms with Crippen LogP contribution in [0.1, 0.15) is 29.5 Å². The number of nitrogens with one attached hydrogen (secondary N) is 1. The summed E-state index contributed by atoms with van der Waals surface area (Å²) < 4.78 is 124. The van der Waals surface area contributed by atoms with Crippen LogP contribution in [0.2, 0.25) is 0 Å². The van der Waals surface area contributed by atoms with Crippen molar-refractivity contribution in [3.8, 4) is 28.7 Å². The average Bonchev–Trinajstić information content (AvgIpc) is 3.39. The van der Waals surface area contributed by atoms with Crippen molar-refractivity contribution in [1.29, 1.82) is 0 Å². The molecule has 0 unspecified atom stereocenters. The quantitative estimate of drug-likeness (QED) is 0.0121. The van der Waals surface area contributed by atoms with Crippen molar-refractivity contribution in [3.63, 3.8) is 0 Å². The van der Waals surface area contributed by atoms with E-state index in [2.05, 4.69) is 46.2 Å². The molecule has 0 aliphatic heterocycles. The molecule has 0 spiro atoms. The largest absolute Gasteiger partial charge is 0.505 e. The molecule has 7 aromatic carbocycles. The van der Waals surface area contributed by atoms with E-state index in [1.807, 2.05) is 0 Å². The molecule has 0 amide bonds. The van der Waals surface area contributed by atoms with Crippen LogP contribution in [0, 0.1) is 20.8 Å². The van der Waals surface area contributed by atoms with Crippen molar-refractivity contribution < 1.29 is 63.0 Å². The third kappa shape index (κ3) is 14.9. The Morgan fingerprint density at radius 2 is 1.13 bits per heavy atom. The lowest BCUT2D eigenvalue weighted by molar-refractivity contribution is 0.310. The summed E-state index contributed by atoms with van der Waals surface area (Å²) in [6, 6.07) is 27.7. The number of benzene rings is 7. The van der Waals surface area contributed by atoms with Gasteiger partial charge in [-0.05, 0) is 141 Å². The SMILES string of the molecule is COc1cc(N=Nc2ccc(N=Nc3ccc(C)cc3S(=O)(=O)O)cc2OCCCCS(=O)(=O)O)c(C)cc1N=Nc1cc(OC)c(N=Nc2c(S(=O)(=O)O)cc3cc(NCOc4ccc(N)cc4)ccc3c2O)cc1C. The molecule has 0 radical (unpaired) electrons. The molecule has 402 valence electrons. The summed E-state index contributed by atoms with van der Waals surface area (Å²) in [7, 11) is -11.0. The molecule has 0 atom stereocenters. The van der Waals surface area contributed by atoms with Crippen LogP contribution >= 0.6 is 0 Å². The van der Waals surface area contributed by atoms with Gasteiger partial charge in [0.25, 0.3) is 30.4 Å². The fourth-order valence-corrected chi connectivity index (χ4v) is 9.15. The Bertz CT molecular complexity index is 3840. The normalized spacial score (nSPS) is 12.4. The molecule has 0 saturated carbocycles. The summed E-state index contributed by atoms with van der Waals surface area (Å²) in [5.41, 5.74) is 9.45. The predicted octanol–water partition coefficient (Wildman–Crippen LogP) is 12.7. The molecule has 7 N–H and O–H groups in total. The van der Waals surface area contributed by atoms with Gasteiger partial charge in [0.05, 0.1) is 43.6 Å². The van der Waals surface area contributed by atoms with Gasteiger partial charge in [-0.2, -0.15) is 40.6 Å². The van der Waals surface area contributed by atoms with Gasteiger partial charge in [0.1, 0.15) is 61.2 Å². The van der Waals surface area contributed by atoms with E-state index in [1.165, 1.54) is 50.6 Å². The van der Waals surface area contributed by atoms with Gasteiger partial charge in [0.2, 0.25) is 0 Å². The van der Waals surface area contributed by atoms with Gasteiger partial charge in [0.15, 0.2) is 12.5 Å². The zero-order valence-electron chi connectivity index (χ0n) is 41.7. The number of fused-ring (bicyclic) bond motifs is 1. The zero-order valence-corrected chi connectivity index (χ0v) is 44.1. The van der Waals surface area contributed by atoms with Crippen LogP contribution in [0.4, 0.5) is 56.9 Å². The Morgan fingerprint density at radius 1 is 0.545 bits per heavy atom. The lowest BCUT2D eigenvalue weighted by Gasteiger charge is -2.12. The Balaban J connectivity index is 1.11. The van der Waals surface area contributed by atoms with Gasteiger partial charge in [-0.25, -0.2) is 0 Å². The number of hydrogen-bond donors (Lipinski definition) is 6. The maximum Gasteiger partial charge on any atom is 0.296 e. The number of hydrogen-bond acceptors (Lipinski definition) is 21. The van der Waals surface area contributed by atoms with Crippen LogP contribution in [0.15, 0.2) is 160 Å². The van der Waals surface area contributed by atoms with Gasteiger partial charge in [-0.3, -0.25) is 13.7 Å². The number of nitrogens with two attached hydrogens (primary N) is 1. The van der Waals surface area contributed by atoms with Crippen LogP contribution in [-0.4, -0.2) is 77.3 Å². The number of phenols is 1. The first-order valence-corrected chi connectivity index (χ1v) is 27.3. The molecular weight excluding hydrogens is 1060 g/mol. The molecular formula is C50H50N10O14S3. The number of unbranched alkanes of at least 4 members (excludes halogenated alkanes) is 1. The van der Waals surface area contributed by atoms with E-state index in [0.717, 1.165) is 6.07 Å². The Kier molecular flexibility index (Phi) is 17.6. The molecule has 0 heterocycles. The Hall–Kier alpha value is -8.47. The number of rotatable bonds is 22. The summed E-state index contributed by atoms with van der Waals surface area (Å²) in [6.07, 6.45) is 0.336. The second-order valence-corrected chi connectivity index (χ2v) is 21.2. The summed E-state index contributed by atoms with van der Waals surface area (Å²) in [6.45, 7) is 5.16. The van der Waals surface area contributed by atoms with Gasteiger partial charge >= 0.3 is 0 Å². The van der Waals surface area contributed by atoms with Crippen LogP contribution in [-0.2, 0) is 30.4 Å². The smallest absolute Gasteiger partial charge is 0.296 e. The number of aromatic hydroxyl groups is 1. The molecule has 0 saturated heterocycles. The summed E-state index contributed by atoms with van der Waals surface area (Å²) in [4.78, 5) is -1.13. The van der Waals surface area contributed by atoms with E-state index < -0.39 is 57.3 Å². The van der Waals surface area contributed by atoms with Crippen LogP contribution < -0.4 is 30.0 Å². The summed E-state index contributed by atoms with van der Waals surface area (Å²) in [5, 5.41) is 49.0. The molecule has 77 heavy (non-hydrogen) atoms. The van der Waals surface area contributed by atoms with Crippen molar-refractivity contribution in [2.24, 2.45) is 40.9 Å². The molecule has 7 rings (SSSR count). The molecule has 0 aliphatic rings. The number of nitrogens with zero attached hydrogens (tertiary/aromatic N) is 8. The fraction of sp³-hybridized carbons (Fsp3) is 0.200. The highest BCUT2D eigenvalue weighted by molar-refractivity contribution is 7.86. The molecule has 0 fully saturated rings. The van der Waals surface area contributed by atoms with Gasteiger partial charge in [0, 0.05) is 35.0 Å². The fourth-order valence-electron chi connectivity index (χ4n) is 7.22. The first-order valence-electron chi connectivity index (χ1n) is 22.8. The van der Waals surface area contributed by atoms with Crippen LogP contribution in [0.5, 0.6) is 28.7 Å². The van der Waals surface area contributed by atoms with Crippen LogP contribution in [0.3, 0.4) is 0 Å². The van der Waals surface area contributed by atoms with Crippen molar-refractivity contribution in [1.82, 2.24) is 0 Å². The topological polar surface area (TPSA) is 357 Å². The first-order chi connectivity index (χ1) is 36.5. The summed E-state index contributed by atoms with van der Waals surface area (Å²) in [5.74, 6) is 0.0977.